The molecule has 0 radical (unpaired) electrons. The van der Waals surface area contributed by atoms with E-state index in [1.807, 2.05) is 30.3 Å². The molecule has 1 N–H and O–H groups in total. The monoisotopic (exact) mass is 514 g/mol. The fourth-order valence-corrected chi connectivity index (χ4v) is 4.44. The molecule has 0 bridgehead atoms. The minimum Gasteiger partial charge on any atom is -0.461 e. The summed E-state index contributed by atoms with van der Waals surface area (Å²) in [6, 6.07) is 9.40. The smallest absolute Gasteiger partial charge is 0.320 e. The summed E-state index contributed by atoms with van der Waals surface area (Å²) < 4.78 is 10.8. The van der Waals surface area contributed by atoms with Crippen molar-refractivity contribution >= 4 is 23.8 Å². The first kappa shape index (κ1) is 28.2. The molecule has 1 aromatic carbocycles. The first-order valence-corrected chi connectivity index (χ1v) is 13.0. The number of unbranched alkanes of at least 4 members (excludes halogenated alkanes) is 1. The zero-order valence-electron chi connectivity index (χ0n) is 21.4. The maximum atomic E-state index is 13.4. The molecule has 4 amide bonds. The zero-order valence-corrected chi connectivity index (χ0v) is 21.4. The Kier molecular flexibility index (Phi) is 11.4. The lowest BCUT2D eigenvalue weighted by molar-refractivity contribution is -0.150. The van der Waals surface area contributed by atoms with Crippen LogP contribution in [0.1, 0.15) is 31.2 Å². The first-order valence-electron chi connectivity index (χ1n) is 13.0. The largest absolute Gasteiger partial charge is 0.461 e. The predicted molar refractivity (Wildman–Crippen MR) is 137 cm³/mol. The van der Waals surface area contributed by atoms with Gasteiger partial charge in [0.25, 0.3) is 0 Å². The topological polar surface area (TPSA) is 108 Å². The van der Waals surface area contributed by atoms with Gasteiger partial charge < -0.3 is 29.5 Å². The summed E-state index contributed by atoms with van der Waals surface area (Å²) in [6.07, 6.45) is 3.09. The second kappa shape index (κ2) is 15.0. The number of rotatable bonds is 11. The molecule has 37 heavy (non-hydrogen) atoms. The average molecular weight is 515 g/mol. The Morgan fingerprint density at radius 1 is 0.946 bits per heavy atom. The highest BCUT2D eigenvalue weighted by Gasteiger charge is 2.32. The second-order valence-electron chi connectivity index (χ2n) is 9.23. The lowest BCUT2D eigenvalue weighted by atomic mass is 9.96. The fourth-order valence-electron chi connectivity index (χ4n) is 4.44. The number of piperazine rings is 1. The molecule has 0 spiro atoms. The van der Waals surface area contributed by atoms with Crippen LogP contribution < -0.4 is 5.32 Å². The van der Waals surface area contributed by atoms with Gasteiger partial charge in [-0.3, -0.25) is 14.4 Å². The Hall–Kier alpha value is -3.40. The molecule has 1 aromatic rings. The minimum atomic E-state index is -0.514. The van der Waals surface area contributed by atoms with Crippen molar-refractivity contribution in [2.75, 3.05) is 59.0 Å². The molecule has 1 atom stereocenters. The zero-order chi connectivity index (χ0) is 26.5. The number of carbonyl (C=O) groups is 4. The molecule has 10 heteroatoms. The van der Waals surface area contributed by atoms with Gasteiger partial charge in [0.05, 0.1) is 19.6 Å². The van der Waals surface area contributed by atoms with Gasteiger partial charge in [0.15, 0.2) is 0 Å². The molecule has 10 nitrogen and oxygen atoms in total. The summed E-state index contributed by atoms with van der Waals surface area (Å²) in [5.41, 5.74) is 0.887. The minimum absolute atomic E-state index is 0.00237. The van der Waals surface area contributed by atoms with Gasteiger partial charge >= 0.3 is 12.0 Å². The number of benzene rings is 1. The number of morpholine rings is 1. The van der Waals surface area contributed by atoms with Crippen LogP contribution in [0.3, 0.4) is 0 Å². The highest BCUT2D eigenvalue weighted by molar-refractivity contribution is 5.86. The molecule has 0 saturated carbocycles. The molecular formula is C27H38N4O6. The first-order chi connectivity index (χ1) is 18.0. The molecule has 2 aliphatic rings. The van der Waals surface area contributed by atoms with Crippen LogP contribution in [0.5, 0.6) is 0 Å². The van der Waals surface area contributed by atoms with E-state index in [1.54, 1.807) is 14.7 Å². The van der Waals surface area contributed by atoms with E-state index >= 15 is 0 Å². The molecule has 2 aliphatic heterocycles. The lowest BCUT2D eigenvalue weighted by Gasteiger charge is -2.39. The van der Waals surface area contributed by atoms with Crippen LogP contribution in [-0.2, 0) is 30.5 Å². The maximum absolute atomic E-state index is 13.4. The Morgan fingerprint density at radius 2 is 1.59 bits per heavy atom. The van der Waals surface area contributed by atoms with Crippen molar-refractivity contribution in [3.63, 3.8) is 0 Å². The molecule has 3 rings (SSSR count). The van der Waals surface area contributed by atoms with Gasteiger partial charge in [0.1, 0.15) is 6.61 Å². The van der Waals surface area contributed by atoms with Crippen molar-refractivity contribution in [3.05, 3.63) is 48.6 Å². The third-order valence-electron chi connectivity index (χ3n) is 6.61. The Labute approximate surface area is 218 Å². The van der Waals surface area contributed by atoms with Crippen molar-refractivity contribution in [2.24, 2.45) is 5.92 Å². The van der Waals surface area contributed by atoms with Gasteiger partial charge in [-0.25, -0.2) is 4.79 Å². The van der Waals surface area contributed by atoms with Gasteiger partial charge in [-0.2, -0.15) is 0 Å². The number of hydrogen-bond donors (Lipinski definition) is 1. The number of hydrogen-bond acceptors (Lipinski definition) is 6. The molecule has 0 aromatic heterocycles. The van der Waals surface area contributed by atoms with Gasteiger partial charge in [-0.05, 0) is 24.5 Å². The standard InChI is InChI=1S/C27H38N4O6/c1-2-24(32)28-11-7-6-10-23(20-25(33)37-21-22-8-4-3-5-9-22)26(34)29-12-14-30(15-13-29)27(35)31-16-18-36-19-17-31/h2-5,8-9,23H,1,6-7,10-21H2,(H,28,32)/t23-/m1/s1. The quantitative estimate of drug-likeness (QED) is 0.274. The molecule has 2 heterocycles. The Balaban J connectivity index is 1.51. The van der Waals surface area contributed by atoms with Gasteiger partial charge in [0, 0.05) is 51.7 Å². The third-order valence-corrected chi connectivity index (χ3v) is 6.61. The summed E-state index contributed by atoms with van der Waals surface area (Å²) in [4.78, 5) is 55.5. The average Bonchev–Trinajstić information content (AvgIpc) is 2.95. The highest BCUT2D eigenvalue weighted by Crippen LogP contribution is 2.19. The molecule has 2 fully saturated rings. The van der Waals surface area contributed by atoms with Crippen LogP contribution in [0.4, 0.5) is 4.79 Å². The van der Waals surface area contributed by atoms with Gasteiger partial charge in [-0.1, -0.05) is 43.3 Å². The third kappa shape index (κ3) is 9.20. The van der Waals surface area contributed by atoms with Crippen LogP contribution in [-0.4, -0.2) is 97.5 Å². The Morgan fingerprint density at radius 3 is 2.27 bits per heavy atom. The van der Waals surface area contributed by atoms with Crippen molar-refractivity contribution in [3.8, 4) is 0 Å². The van der Waals surface area contributed by atoms with Crippen molar-refractivity contribution in [2.45, 2.75) is 32.3 Å². The molecule has 0 unspecified atom stereocenters. The van der Waals surface area contributed by atoms with E-state index in [4.69, 9.17) is 9.47 Å². The van der Waals surface area contributed by atoms with Crippen LogP contribution in [0.25, 0.3) is 0 Å². The predicted octanol–water partition coefficient (Wildman–Crippen LogP) is 1.81. The van der Waals surface area contributed by atoms with E-state index in [0.717, 1.165) is 5.56 Å². The number of urea groups is 1. The number of nitrogens with one attached hydrogen (secondary N) is 1. The molecule has 202 valence electrons. The number of ether oxygens (including phenoxy) is 2. The number of esters is 1. The number of amides is 4. The van der Waals surface area contributed by atoms with Crippen molar-refractivity contribution in [1.29, 1.82) is 0 Å². The second-order valence-corrected chi connectivity index (χ2v) is 9.23. The highest BCUT2D eigenvalue weighted by atomic mass is 16.5. The van der Waals surface area contributed by atoms with Crippen LogP contribution in [0.15, 0.2) is 43.0 Å². The van der Waals surface area contributed by atoms with E-state index in [0.29, 0.717) is 78.3 Å². The van der Waals surface area contributed by atoms with Crippen LogP contribution in [0.2, 0.25) is 0 Å². The van der Waals surface area contributed by atoms with Crippen molar-refractivity contribution < 1.29 is 28.7 Å². The van der Waals surface area contributed by atoms with Crippen LogP contribution >= 0.6 is 0 Å². The molecule has 2 saturated heterocycles. The van der Waals surface area contributed by atoms with E-state index in [-0.39, 0.29) is 30.9 Å². The fraction of sp³-hybridized carbons (Fsp3) is 0.556. The summed E-state index contributed by atoms with van der Waals surface area (Å²) >= 11 is 0. The summed E-state index contributed by atoms with van der Waals surface area (Å²) in [5.74, 6) is -1.25. The van der Waals surface area contributed by atoms with Gasteiger partial charge in [0.2, 0.25) is 11.8 Å². The van der Waals surface area contributed by atoms with E-state index < -0.39 is 11.9 Å². The van der Waals surface area contributed by atoms with E-state index in [2.05, 4.69) is 11.9 Å². The van der Waals surface area contributed by atoms with Gasteiger partial charge in [-0.15, -0.1) is 0 Å². The SMILES string of the molecule is C=CC(=O)NCCCC[C@H](CC(=O)OCc1ccccc1)C(=O)N1CCN(C(=O)N2CCOCC2)CC1. The summed E-state index contributed by atoms with van der Waals surface area (Å²) in [5, 5.41) is 2.73. The number of carbonyl (C=O) groups excluding carboxylic acids is 4. The van der Waals surface area contributed by atoms with Crippen LogP contribution in [0, 0.1) is 5.92 Å². The molecular weight excluding hydrogens is 476 g/mol. The molecule has 0 aliphatic carbocycles. The normalized spacial score (nSPS) is 16.6. The van der Waals surface area contributed by atoms with E-state index in [1.165, 1.54) is 6.08 Å². The number of nitrogens with zero attached hydrogens (tertiary/aromatic N) is 3. The lowest BCUT2D eigenvalue weighted by Crippen LogP contribution is -2.56. The Bertz CT molecular complexity index is 911. The maximum Gasteiger partial charge on any atom is 0.320 e. The van der Waals surface area contributed by atoms with Crippen molar-refractivity contribution in [1.82, 2.24) is 20.0 Å². The summed E-state index contributed by atoms with van der Waals surface area (Å²) in [6.45, 7) is 8.11. The van der Waals surface area contributed by atoms with E-state index in [9.17, 15) is 19.2 Å². The summed E-state index contributed by atoms with van der Waals surface area (Å²) in [7, 11) is 0.